The minimum atomic E-state index is -0.369. The van der Waals surface area contributed by atoms with Gasteiger partial charge >= 0.3 is 5.09 Å². The summed E-state index contributed by atoms with van der Waals surface area (Å²) in [6.07, 6.45) is 11.2. The Bertz CT molecular complexity index is 1610. The minimum absolute atomic E-state index is 0.0292. The van der Waals surface area contributed by atoms with Gasteiger partial charge in [-0.25, -0.2) is 0 Å². The maximum Gasteiger partial charge on any atom is 0.477 e. The maximum absolute atomic E-state index is 12.2. The lowest BCUT2D eigenvalue weighted by atomic mass is 9.72. The van der Waals surface area contributed by atoms with Crippen molar-refractivity contribution < 1.29 is 45.4 Å². The number of hydrogen-bond donors (Lipinski definition) is 6. The van der Waals surface area contributed by atoms with Gasteiger partial charge in [0.25, 0.3) is 0 Å². The summed E-state index contributed by atoms with van der Waals surface area (Å²) >= 11 is 0. The summed E-state index contributed by atoms with van der Waals surface area (Å²) in [4.78, 5) is 22.7. The molecular formula is C46H66NO9+. The Kier molecular flexibility index (Phi) is 15.3. The van der Waals surface area contributed by atoms with Gasteiger partial charge in [0.05, 0.1) is 13.2 Å². The van der Waals surface area contributed by atoms with E-state index in [1.54, 1.807) is 24.3 Å². The fourth-order valence-electron chi connectivity index (χ4n) is 8.54. The zero-order chi connectivity index (χ0) is 41.4. The molecule has 0 saturated heterocycles. The van der Waals surface area contributed by atoms with Gasteiger partial charge in [-0.1, -0.05) is 64.2 Å². The summed E-state index contributed by atoms with van der Waals surface area (Å²) in [7, 11) is 0. The first-order chi connectivity index (χ1) is 26.4. The number of phenolic OH excluding ortho intramolecular Hbond substituents is 4. The number of hydrogen-bond acceptors (Lipinski definition) is 9. The monoisotopic (exact) mass is 776 g/mol. The van der Waals surface area contributed by atoms with Gasteiger partial charge < -0.3 is 30.6 Å². The van der Waals surface area contributed by atoms with Gasteiger partial charge in [0.1, 0.15) is 27.9 Å². The van der Waals surface area contributed by atoms with Crippen LogP contribution in [0.3, 0.4) is 0 Å². The number of unbranched alkanes of at least 4 members (excludes halogenated alkanes) is 2. The Morgan fingerprint density at radius 1 is 0.661 bits per heavy atom. The molecule has 0 heterocycles. The molecule has 0 unspecified atom stereocenters. The average molecular weight is 777 g/mol. The third-order valence-corrected chi connectivity index (χ3v) is 12.2. The Hall–Kier alpha value is -4.28. The Balaban J connectivity index is 1.20. The molecule has 10 heteroatoms. The number of phenols is 4. The first kappa shape index (κ1) is 44.4. The zero-order valence-corrected chi connectivity index (χ0v) is 34.4. The molecule has 0 aliphatic heterocycles. The summed E-state index contributed by atoms with van der Waals surface area (Å²) in [5, 5.41) is 64.2. The lowest BCUT2D eigenvalue weighted by Crippen LogP contribution is -2.20. The van der Waals surface area contributed by atoms with E-state index >= 15 is 0 Å². The standard InChI is InChI=1S/C46H65NO9/c1-29(2)35-15-13-31(27-48)21-37(35)43-39(50)23-33(24-40(43)51)45(5,6)17-9-11-19-55-47(54)56-20-12-10-18-46(7,8)34-25-41(52)44(42(53)26-34)38-22-32(28-49)14-16-36(38)30(3)4/h21-26,35-38,48-49H,1,3,9-20,27-28H2,2,4-8H3,(H3-,50,51,52,53)/p+1/t35-,36-,37+,38+/m1/s1. The van der Waals surface area contributed by atoms with Gasteiger partial charge in [-0.15, -0.1) is 0 Å². The Morgan fingerprint density at radius 3 is 1.30 bits per heavy atom. The van der Waals surface area contributed by atoms with Crippen LogP contribution in [-0.4, -0.2) is 62.2 Å². The molecule has 0 fully saturated rings. The predicted molar refractivity (Wildman–Crippen MR) is 220 cm³/mol. The molecule has 10 nitrogen and oxygen atoms in total. The SMILES string of the molecule is C=C(C)[C@H]1CCC(CO)=C[C@@H]1c1c(O)cc(C(C)(C)CCCCO[N+](=O)OCCCCC(C)(C)c2cc(O)c([C@H]3C=C(CO)CC[C@@H]3C(=C)C)c(O)c2)cc1O. The number of allylic oxidation sites excluding steroid dienone is 4. The first-order valence-electron chi connectivity index (χ1n) is 20.2. The van der Waals surface area contributed by atoms with Gasteiger partial charge in [-0.2, -0.15) is 9.68 Å². The van der Waals surface area contributed by atoms with Crippen molar-refractivity contribution in [3.05, 3.63) is 99.0 Å². The van der Waals surface area contributed by atoms with Crippen LogP contribution in [0.2, 0.25) is 0 Å². The van der Waals surface area contributed by atoms with Crippen molar-refractivity contribution in [2.75, 3.05) is 26.4 Å². The van der Waals surface area contributed by atoms with Crippen molar-refractivity contribution >= 4 is 0 Å². The summed E-state index contributed by atoms with van der Waals surface area (Å²) in [6.45, 7) is 20.6. The molecule has 2 aromatic carbocycles. The third kappa shape index (κ3) is 11.0. The lowest BCUT2D eigenvalue weighted by molar-refractivity contribution is -0.981. The third-order valence-electron chi connectivity index (χ3n) is 12.2. The molecule has 2 aliphatic rings. The van der Waals surface area contributed by atoms with Crippen LogP contribution in [0.1, 0.15) is 140 Å². The Morgan fingerprint density at radius 2 is 1.00 bits per heavy atom. The van der Waals surface area contributed by atoms with Crippen LogP contribution < -0.4 is 0 Å². The molecule has 0 radical (unpaired) electrons. The zero-order valence-electron chi connectivity index (χ0n) is 34.4. The molecule has 308 valence electrons. The van der Waals surface area contributed by atoms with Crippen molar-refractivity contribution in [2.45, 2.75) is 128 Å². The first-order valence-corrected chi connectivity index (χ1v) is 20.2. The van der Waals surface area contributed by atoms with Crippen LogP contribution in [0.25, 0.3) is 0 Å². The van der Waals surface area contributed by atoms with Gasteiger partial charge in [-0.05, 0) is 147 Å². The molecule has 0 amide bonds. The largest absolute Gasteiger partial charge is 0.507 e. The van der Waals surface area contributed by atoms with Crippen LogP contribution in [0.4, 0.5) is 0 Å². The average Bonchev–Trinajstić information content (AvgIpc) is 3.13. The van der Waals surface area contributed by atoms with Gasteiger partial charge in [0.2, 0.25) is 0 Å². The van der Waals surface area contributed by atoms with Crippen LogP contribution in [-0.2, 0) is 20.5 Å². The molecule has 2 aromatic rings. The van der Waals surface area contributed by atoms with E-state index < -0.39 is 0 Å². The van der Waals surface area contributed by atoms with E-state index in [-0.39, 0.29) is 89.0 Å². The van der Waals surface area contributed by atoms with Crippen LogP contribution in [0.5, 0.6) is 23.0 Å². The smallest absolute Gasteiger partial charge is 0.477 e. The fraction of sp³-hybridized carbons (Fsp3) is 0.565. The molecule has 4 rings (SSSR count). The lowest BCUT2D eigenvalue weighted by Gasteiger charge is -2.33. The van der Waals surface area contributed by atoms with Crippen molar-refractivity contribution in [3.8, 4) is 23.0 Å². The van der Waals surface area contributed by atoms with Gasteiger partial charge in [0.15, 0.2) is 13.2 Å². The van der Waals surface area contributed by atoms with Crippen LogP contribution >= 0.6 is 0 Å². The van der Waals surface area contributed by atoms with E-state index in [9.17, 15) is 35.5 Å². The van der Waals surface area contributed by atoms with Gasteiger partial charge in [0, 0.05) is 23.0 Å². The number of nitrogens with zero attached hydrogens (tertiary/aromatic N) is 1. The van der Waals surface area contributed by atoms with Crippen molar-refractivity contribution in [3.63, 3.8) is 0 Å². The number of aromatic hydroxyl groups is 4. The fourth-order valence-corrected chi connectivity index (χ4v) is 8.54. The quantitative estimate of drug-likeness (QED) is 0.0437. The van der Waals surface area contributed by atoms with E-state index in [1.165, 1.54) is 0 Å². The highest BCUT2D eigenvalue weighted by Gasteiger charge is 2.34. The van der Waals surface area contributed by atoms with Crippen molar-refractivity contribution in [1.29, 1.82) is 0 Å². The molecular weight excluding hydrogens is 711 g/mol. The van der Waals surface area contributed by atoms with Gasteiger partial charge in [-0.3, -0.25) is 0 Å². The van der Waals surface area contributed by atoms with E-state index in [0.29, 0.717) is 24.0 Å². The summed E-state index contributed by atoms with van der Waals surface area (Å²) in [5.74, 6) is -0.297. The second-order valence-corrected chi connectivity index (χ2v) is 17.4. The van der Waals surface area contributed by atoms with Crippen molar-refractivity contribution in [2.24, 2.45) is 11.8 Å². The summed E-state index contributed by atoms with van der Waals surface area (Å²) in [6, 6.07) is 6.90. The summed E-state index contributed by atoms with van der Waals surface area (Å²) < 4.78 is 0. The molecule has 6 N–H and O–H groups in total. The second-order valence-electron chi connectivity index (χ2n) is 17.4. The number of aliphatic hydroxyl groups excluding tert-OH is 2. The van der Waals surface area contributed by atoms with E-state index in [4.69, 9.17) is 9.68 Å². The summed E-state index contributed by atoms with van der Waals surface area (Å²) in [5.41, 5.74) is 5.54. The molecule has 0 saturated carbocycles. The Labute approximate surface area is 333 Å². The molecule has 0 spiro atoms. The number of rotatable bonds is 20. The molecule has 56 heavy (non-hydrogen) atoms. The topological polar surface area (TPSA) is 160 Å². The molecule has 0 bridgehead atoms. The highest BCUT2D eigenvalue weighted by Crippen LogP contribution is 2.49. The molecule has 4 atom stereocenters. The van der Waals surface area contributed by atoms with Crippen LogP contribution in [0.15, 0.2) is 71.9 Å². The maximum atomic E-state index is 12.2. The van der Waals surface area contributed by atoms with Crippen molar-refractivity contribution in [1.82, 2.24) is 0 Å². The number of aliphatic hydroxyl groups is 2. The second kappa shape index (κ2) is 19.2. The van der Waals surface area contributed by atoms with E-state index in [1.807, 2.05) is 26.0 Å². The molecule has 2 aliphatic carbocycles. The predicted octanol–water partition coefficient (Wildman–Crippen LogP) is 9.72. The van der Waals surface area contributed by atoms with E-state index in [0.717, 1.165) is 84.8 Å². The highest BCUT2D eigenvalue weighted by molar-refractivity contribution is 5.54. The highest BCUT2D eigenvalue weighted by atomic mass is 17.0. The molecule has 0 aromatic heterocycles. The van der Waals surface area contributed by atoms with Crippen LogP contribution in [0, 0.1) is 16.7 Å². The number of benzene rings is 2. The van der Waals surface area contributed by atoms with E-state index in [2.05, 4.69) is 40.9 Å². The minimum Gasteiger partial charge on any atom is -0.507 e. The normalized spacial score (nSPS) is 20.2.